The topological polar surface area (TPSA) is 92.8 Å². The molecule has 1 aliphatic rings. The molecular formula is C20H19FN6O. The van der Waals surface area contributed by atoms with Gasteiger partial charge in [0.05, 0.1) is 5.56 Å². The highest BCUT2D eigenvalue weighted by Gasteiger charge is 2.25. The van der Waals surface area contributed by atoms with E-state index in [0.29, 0.717) is 48.7 Å². The maximum atomic E-state index is 13.7. The molecule has 1 aromatic carbocycles. The van der Waals surface area contributed by atoms with Crippen LogP contribution in [0.1, 0.15) is 28.5 Å². The minimum atomic E-state index is -0.281. The SMILES string of the molecule is CCn1c(N)nc2cc(C(=O)N3CCc4[nH]c5ccc(F)cc5c4C3)cnc21. The van der Waals surface area contributed by atoms with Crippen molar-refractivity contribution in [2.45, 2.75) is 26.4 Å². The summed E-state index contributed by atoms with van der Waals surface area (Å²) in [5.41, 5.74) is 10.6. The fraction of sp³-hybridized carbons (Fsp3) is 0.250. The number of nitrogen functional groups attached to an aromatic ring is 1. The van der Waals surface area contributed by atoms with Crippen molar-refractivity contribution < 1.29 is 9.18 Å². The lowest BCUT2D eigenvalue weighted by Crippen LogP contribution is -2.35. The number of pyridine rings is 1. The summed E-state index contributed by atoms with van der Waals surface area (Å²) in [6.07, 6.45) is 2.27. The summed E-state index contributed by atoms with van der Waals surface area (Å²) in [5, 5.41) is 0.829. The molecule has 1 amide bonds. The van der Waals surface area contributed by atoms with Crippen LogP contribution in [0.4, 0.5) is 10.3 Å². The molecule has 0 radical (unpaired) electrons. The fourth-order valence-corrected chi connectivity index (χ4v) is 4.00. The Labute approximate surface area is 160 Å². The van der Waals surface area contributed by atoms with Crippen LogP contribution in [0.3, 0.4) is 0 Å². The normalized spacial score (nSPS) is 14.0. The first-order valence-electron chi connectivity index (χ1n) is 9.25. The predicted octanol–water partition coefficient (Wildman–Crippen LogP) is 2.85. The second kappa shape index (κ2) is 6.05. The van der Waals surface area contributed by atoms with Crippen LogP contribution in [0.2, 0.25) is 0 Å². The number of amides is 1. The third-order valence-corrected chi connectivity index (χ3v) is 5.40. The monoisotopic (exact) mass is 378 g/mol. The van der Waals surface area contributed by atoms with E-state index in [1.807, 2.05) is 6.92 Å². The van der Waals surface area contributed by atoms with Crippen LogP contribution in [0, 0.1) is 5.82 Å². The molecule has 0 atom stereocenters. The van der Waals surface area contributed by atoms with Gasteiger partial charge in [-0.3, -0.25) is 9.36 Å². The number of fused-ring (bicyclic) bond motifs is 4. The maximum Gasteiger partial charge on any atom is 0.255 e. The molecule has 8 heteroatoms. The summed E-state index contributed by atoms with van der Waals surface area (Å²) in [4.78, 5) is 26.9. The maximum absolute atomic E-state index is 13.7. The van der Waals surface area contributed by atoms with Gasteiger partial charge in [-0.1, -0.05) is 0 Å². The van der Waals surface area contributed by atoms with E-state index >= 15 is 0 Å². The lowest BCUT2D eigenvalue weighted by Gasteiger charge is -2.27. The van der Waals surface area contributed by atoms with Crippen LogP contribution in [0.5, 0.6) is 0 Å². The van der Waals surface area contributed by atoms with Gasteiger partial charge in [0.25, 0.3) is 5.91 Å². The molecule has 4 heterocycles. The second-order valence-electron chi connectivity index (χ2n) is 7.03. The van der Waals surface area contributed by atoms with Gasteiger partial charge in [0.1, 0.15) is 11.3 Å². The standard InChI is InChI=1S/C20H19FN6O/c1-2-27-18-17(25-20(27)22)7-11(9-23-18)19(28)26-6-5-16-14(10-26)13-8-12(21)3-4-15(13)24-16/h3-4,7-9,24H,2,5-6,10H2,1H3,(H2,22,25). The number of aromatic nitrogens is 4. The molecule has 142 valence electrons. The molecule has 0 aliphatic carbocycles. The second-order valence-corrected chi connectivity index (χ2v) is 7.03. The van der Waals surface area contributed by atoms with Crippen molar-refractivity contribution in [2.75, 3.05) is 12.3 Å². The van der Waals surface area contributed by atoms with Crippen molar-refractivity contribution in [1.82, 2.24) is 24.4 Å². The van der Waals surface area contributed by atoms with E-state index in [1.165, 1.54) is 12.1 Å². The summed E-state index contributed by atoms with van der Waals surface area (Å²) in [5.74, 6) is -0.00930. The molecule has 3 N–H and O–H groups in total. The van der Waals surface area contributed by atoms with Crippen molar-refractivity contribution in [2.24, 2.45) is 0 Å². The van der Waals surface area contributed by atoms with Gasteiger partial charge in [-0.25, -0.2) is 14.4 Å². The number of H-pyrrole nitrogens is 1. The largest absolute Gasteiger partial charge is 0.369 e. The van der Waals surface area contributed by atoms with E-state index in [1.54, 1.807) is 27.8 Å². The number of nitrogens with zero attached hydrogens (tertiary/aromatic N) is 4. The highest BCUT2D eigenvalue weighted by atomic mass is 19.1. The Morgan fingerprint density at radius 3 is 3.04 bits per heavy atom. The van der Waals surface area contributed by atoms with Crippen LogP contribution in [-0.2, 0) is 19.5 Å². The molecule has 0 saturated heterocycles. The number of carbonyl (C=O) groups is 1. The van der Waals surface area contributed by atoms with Crippen LogP contribution in [0.15, 0.2) is 30.5 Å². The summed E-state index contributed by atoms with van der Waals surface area (Å²) < 4.78 is 15.5. The zero-order valence-electron chi connectivity index (χ0n) is 15.4. The first-order chi connectivity index (χ1) is 13.5. The van der Waals surface area contributed by atoms with Crippen LogP contribution >= 0.6 is 0 Å². The van der Waals surface area contributed by atoms with E-state index < -0.39 is 0 Å². The zero-order chi connectivity index (χ0) is 19.4. The predicted molar refractivity (Wildman–Crippen MR) is 104 cm³/mol. The van der Waals surface area contributed by atoms with E-state index in [9.17, 15) is 9.18 Å². The molecule has 0 fully saturated rings. The van der Waals surface area contributed by atoms with Crippen molar-refractivity contribution in [1.29, 1.82) is 0 Å². The molecule has 1 aliphatic heterocycles. The zero-order valence-corrected chi connectivity index (χ0v) is 15.4. The molecule has 0 unspecified atom stereocenters. The molecule has 5 rings (SSSR count). The summed E-state index contributed by atoms with van der Waals surface area (Å²) in [7, 11) is 0. The quantitative estimate of drug-likeness (QED) is 0.561. The fourth-order valence-electron chi connectivity index (χ4n) is 4.00. The Morgan fingerprint density at radius 2 is 2.21 bits per heavy atom. The van der Waals surface area contributed by atoms with E-state index in [2.05, 4.69) is 15.0 Å². The van der Waals surface area contributed by atoms with Crippen LogP contribution in [0.25, 0.3) is 22.1 Å². The number of hydrogen-bond donors (Lipinski definition) is 2. The Kier molecular flexibility index (Phi) is 3.61. The van der Waals surface area contributed by atoms with Gasteiger partial charge < -0.3 is 15.6 Å². The molecular weight excluding hydrogens is 359 g/mol. The first-order valence-corrected chi connectivity index (χ1v) is 9.25. The van der Waals surface area contributed by atoms with Gasteiger partial charge in [-0.05, 0) is 31.2 Å². The van der Waals surface area contributed by atoms with Gasteiger partial charge >= 0.3 is 0 Å². The Hall–Kier alpha value is -3.42. The molecule has 4 aromatic rings. The average Bonchev–Trinajstić information content (AvgIpc) is 3.22. The van der Waals surface area contributed by atoms with Gasteiger partial charge in [0, 0.05) is 54.4 Å². The van der Waals surface area contributed by atoms with Crippen molar-refractivity contribution in [3.05, 3.63) is 53.1 Å². The lowest BCUT2D eigenvalue weighted by molar-refractivity contribution is 0.0735. The number of nitrogens with two attached hydrogens (primary N) is 1. The first kappa shape index (κ1) is 16.7. The van der Waals surface area contributed by atoms with Crippen LogP contribution < -0.4 is 5.73 Å². The van der Waals surface area contributed by atoms with Crippen molar-refractivity contribution in [3.63, 3.8) is 0 Å². The van der Waals surface area contributed by atoms with Crippen molar-refractivity contribution in [3.8, 4) is 0 Å². The third-order valence-electron chi connectivity index (χ3n) is 5.40. The highest BCUT2D eigenvalue weighted by Crippen LogP contribution is 2.29. The smallest absolute Gasteiger partial charge is 0.255 e. The number of imidazole rings is 1. The number of aryl methyl sites for hydroxylation is 1. The number of benzene rings is 1. The minimum Gasteiger partial charge on any atom is -0.369 e. The number of aromatic amines is 1. The lowest BCUT2D eigenvalue weighted by atomic mass is 10.0. The molecule has 3 aromatic heterocycles. The molecule has 28 heavy (non-hydrogen) atoms. The third kappa shape index (κ3) is 2.45. The average molecular weight is 378 g/mol. The van der Waals surface area contributed by atoms with E-state index in [4.69, 9.17) is 5.73 Å². The molecule has 7 nitrogen and oxygen atoms in total. The molecule has 0 spiro atoms. The Balaban J connectivity index is 1.49. The summed E-state index contributed by atoms with van der Waals surface area (Å²) >= 11 is 0. The summed E-state index contributed by atoms with van der Waals surface area (Å²) in [6.45, 7) is 3.65. The highest BCUT2D eigenvalue weighted by molar-refractivity contribution is 5.97. The molecule has 0 bridgehead atoms. The van der Waals surface area contributed by atoms with Gasteiger partial charge in [0.2, 0.25) is 5.95 Å². The number of hydrogen-bond acceptors (Lipinski definition) is 4. The van der Waals surface area contributed by atoms with E-state index in [0.717, 1.165) is 22.2 Å². The number of rotatable bonds is 2. The van der Waals surface area contributed by atoms with Crippen LogP contribution in [-0.4, -0.2) is 36.9 Å². The Bertz CT molecular complexity index is 1240. The summed E-state index contributed by atoms with van der Waals surface area (Å²) in [6, 6.07) is 6.43. The Morgan fingerprint density at radius 1 is 1.36 bits per heavy atom. The van der Waals surface area contributed by atoms with Gasteiger partial charge in [-0.2, -0.15) is 0 Å². The number of nitrogens with one attached hydrogen (secondary N) is 1. The van der Waals surface area contributed by atoms with E-state index in [-0.39, 0.29) is 11.7 Å². The number of carbonyl (C=O) groups excluding carboxylic acids is 1. The van der Waals surface area contributed by atoms with Crippen molar-refractivity contribution >= 4 is 33.9 Å². The van der Waals surface area contributed by atoms with Gasteiger partial charge in [0.15, 0.2) is 5.65 Å². The minimum absolute atomic E-state index is 0.115. The molecule has 0 saturated carbocycles. The number of anilines is 1. The van der Waals surface area contributed by atoms with Gasteiger partial charge in [-0.15, -0.1) is 0 Å². The number of halogens is 1.